The summed E-state index contributed by atoms with van der Waals surface area (Å²) in [7, 11) is 1.70. The number of aryl methyl sites for hydroxylation is 1. The Morgan fingerprint density at radius 3 is 2.81 bits per heavy atom. The van der Waals surface area contributed by atoms with E-state index in [-0.39, 0.29) is 17.6 Å². The predicted octanol–water partition coefficient (Wildman–Crippen LogP) is 1.28. The molecule has 0 aromatic carbocycles. The van der Waals surface area contributed by atoms with Crippen LogP contribution in [0.3, 0.4) is 0 Å². The van der Waals surface area contributed by atoms with Gasteiger partial charge in [-0.05, 0) is 18.8 Å². The van der Waals surface area contributed by atoms with Crippen LogP contribution in [0, 0.1) is 5.92 Å². The maximum absolute atomic E-state index is 12.3. The molecule has 1 N–H and O–H groups in total. The van der Waals surface area contributed by atoms with Crippen molar-refractivity contribution in [2.75, 3.05) is 6.54 Å². The van der Waals surface area contributed by atoms with Gasteiger partial charge in [-0.15, -0.1) is 0 Å². The van der Waals surface area contributed by atoms with Gasteiger partial charge < -0.3 is 14.8 Å². The SMILES string of the molecule is CCC(NC(=O)N1CCc2c(ncn(C)c2=O)C1)C(C)C. The standard InChI is InChI=1S/C15H24N4O2/c1-5-12(10(2)3)17-15(21)19-7-6-11-13(8-19)16-9-18(4)14(11)20/h9-10,12H,5-8H2,1-4H3,(H,17,21). The highest BCUT2D eigenvalue weighted by Gasteiger charge is 2.25. The molecule has 1 aliphatic heterocycles. The molecule has 6 heteroatoms. The molecule has 2 amide bonds. The third-order valence-corrected chi connectivity index (χ3v) is 4.13. The van der Waals surface area contributed by atoms with Crippen LogP contribution in [0.2, 0.25) is 0 Å². The molecule has 0 spiro atoms. The van der Waals surface area contributed by atoms with Crippen LogP contribution in [0.25, 0.3) is 0 Å². The Hall–Kier alpha value is -1.85. The average molecular weight is 292 g/mol. The number of hydrogen-bond acceptors (Lipinski definition) is 3. The molecule has 1 aromatic heterocycles. The quantitative estimate of drug-likeness (QED) is 0.912. The number of nitrogens with one attached hydrogen (secondary N) is 1. The van der Waals surface area contributed by atoms with E-state index in [4.69, 9.17) is 0 Å². The summed E-state index contributed by atoms with van der Waals surface area (Å²) in [6.07, 6.45) is 3.00. The van der Waals surface area contributed by atoms with Crippen molar-refractivity contribution in [1.29, 1.82) is 0 Å². The maximum atomic E-state index is 12.3. The molecule has 21 heavy (non-hydrogen) atoms. The molecule has 0 aliphatic carbocycles. The Morgan fingerprint density at radius 2 is 2.19 bits per heavy atom. The van der Waals surface area contributed by atoms with E-state index in [1.54, 1.807) is 11.9 Å². The lowest BCUT2D eigenvalue weighted by Gasteiger charge is -2.30. The summed E-state index contributed by atoms with van der Waals surface area (Å²) >= 11 is 0. The summed E-state index contributed by atoms with van der Waals surface area (Å²) in [6, 6.07) is 0.110. The van der Waals surface area contributed by atoms with E-state index in [1.165, 1.54) is 10.9 Å². The van der Waals surface area contributed by atoms with Crippen molar-refractivity contribution >= 4 is 6.03 Å². The van der Waals surface area contributed by atoms with Crippen LogP contribution in [0.15, 0.2) is 11.1 Å². The molecule has 0 saturated carbocycles. The smallest absolute Gasteiger partial charge is 0.317 e. The van der Waals surface area contributed by atoms with Crippen LogP contribution >= 0.6 is 0 Å². The summed E-state index contributed by atoms with van der Waals surface area (Å²) in [5.41, 5.74) is 1.45. The number of carbonyl (C=O) groups is 1. The Labute approximate surface area is 125 Å². The first-order valence-corrected chi connectivity index (χ1v) is 7.52. The number of carbonyl (C=O) groups excluding carboxylic acids is 1. The van der Waals surface area contributed by atoms with Crippen LogP contribution < -0.4 is 10.9 Å². The van der Waals surface area contributed by atoms with Crippen molar-refractivity contribution in [1.82, 2.24) is 19.8 Å². The fourth-order valence-electron chi connectivity index (χ4n) is 2.68. The number of fused-ring (bicyclic) bond motifs is 1. The molecule has 116 valence electrons. The lowest BCUT2D eigenvalue weighted by Crippen LogP contribution is -2.49. The predicted molar refractivity (Wildman–Crippen MR) is 81.0 cm³/mol. The molecule has 1 atom stereocenters. The molecule has 0 bridgehead atoms. The van der Waals surface area contributed by atoms with Crippen LogP contribution in [0.5, 0.6) is 0 Å². The summed E-state index contributed by atoms with van der Waals surface area (Å²) in [5, 5.41) is 3.07. The summed E-state index contributed by atoms with van der Waals surface area (Å²) in [6.45, 7) is 7.25. The Morgan fingerprint density at radius 1 is 1.48 bits per heavy atom. The van der Waals surface area contributed by atoms with Crippen molar-refractivity contribution in [2.24, 2.45) is 13.0 Å². The van der Waals surface area contributed by atoms with Gasteiger partial charge in [0.1, 0.15) is 0 Å². The third kappa shape index (κ3) is 3.25. The zero-order valence-corrected chi connectivity index (χ0v) is 13.2. The minimum atomic E-state index is -0.0660. The zero-order chi connectivity index (χ0) is 15.6. The van der Waals surface area contributed by atoms with Crippen LogP contribution in [-0.2, 0) is 20.0 Å². The lowest BCUT2D eigenvalue weighted by molar-refractivity contribution is 0.183. The first-order valence-electron chi connectivity index (χ1n) is 7.52. The van der Waals surface area contributed by atoms with Crippen molar-refractivity contribution in [3.8, 4) is 0 Å². The molecular weight excluding hydrogens is 268 g/mol. The Balaban J connectivity index is 2.09. The molecule has 0 radical (unpaired) electrons. The van der Waals surface area contributed by atoms with Gasteiger partial charge in [0.15, 0.2) is 0 Å². The van der Waals surface area contributed by atoms with Crippen molar-refractivity contribution in [2.45, 2.75) is 46.2 Å². The van der Waals surface area contributed by atoms with E-state index in [1.807, 2.05) is 0 Å². The van der Waals surface area contributed by atoms with Crippen LogP contribution in [0.4, 0.5) is 4.79 Å². The molecule has 0 fully saturated rings. The second-order valence-corrected chi connectivity index (χ2v) is 5.97. The summed E-state index contributed by atoms with van der Waals surface area (Å²) < 4.78 is 1.49. The van der Waals surface area contributed by atoms with Crippen LogP contribution in [-0.4, -0.2) is 33.1 Å². The van der Waals surface area contributed by atoms with E-state index < -0.39 is 0 Å². The second kappa shape index (κ2) is 6.28. The van der Waals surface area contributed by atoms with Gasteiger partial charge in [-0.25, -0.2) is 9.78 Å². The van der Waals surface area contributed by atoms with E-state index in [9.17, 15) is 9.59 Å². The minimum absolute atomic E-state index is 0.00586. The van der Waals surface area contributed by atoms with Gasteiger partial charge >= 0.3 is 6.03 Å². The molecule has 2 heterocycles. The largest absolute Gasteiger partial charge is 0.335 e. The Kier molecular flexibility index (Phi) is 4.65. The molecular formula is C15H24N4O2. The summed E-state index contributed by atoms with van der Waals surface area (Å²) in [5.74, 6) is 0.404. The fourth-order valence-corrected chi connectivity index (χ4v) is 2.68. The fraction of sp³-hybridized carbons (Fsp3) is 0.667. The summed E-state index contributed by atoms with van der Waals surface area (Å²) in [4.78, 5) is 30.4. The topological polar surface area (TPSA) is 67.2 Å². The van der Waals surface area contributed by atoms with Crippen molar-refractivity contribution < 1.29 is 4.79 Å². The van der Waals surface area contributed by atoms with E-state index in [0.717, 1.165) is 17.7 Å². The van der Waals surface area contributed by atoms with Crippen LogP contribution in [0.1, 0.15) is 38.4 Å². The highest BCUT2D eigenvalue weighted by atomic mass is 16.2. The van der Waals surface area contributed by atoms with Gasteiger partial charge in [0.05, 0.1) is 18.6 Å². The highest BCUT2D eigenvalue weighted by Crippen LogP contribution is 2.14. The van der Waals surface area contributed by atoms with Gasteiger partial charge in [0, 0.05) is 25.2 Å². The van der Waals surface area contributed by atoms with Crippen molar-refractivity contribution in [3.63, 3.8) is 0 Å². The maximum Gasteiger partial charge on any atom is 0.317 e. The molecule has 6 nitrogen and oxygen atoms in total. The van der Waals surface area contributed by atoms with Gasteiger partial charge in [0.2, 0.25) is 0 Å². The van der Waals surface area contributed by atoms with Gasteiger partial charge in [0.25, 0.3) is 5.56 Å². The Bertz CT molecular complexity index is 580. The van der Waals surface area contributed by atoms with E-state index in [2.05, 4.69) is 31.1 Å². The van der Waals surface area contributed by atoms with E-state index >= 15 is 0 Å². The highest BCUT2D eigenvalue weighted by molar-refractivity contribution is 5.74. The number of amides is 2. The number of aromatic nitrogens is 2. The first-order chi connectivity index (χ1) is 9.93. The third-order valence-electron chi connectivity index (χ3n) is 4.13. The average Bonchev–Trinajstić information content (AvgIpc) is 2.47. The lowest BCUT2D eigenvalue weighted by atomic mass is 10.0. The number of urea groups is 1. The molecule has 0 saturated heterocycles. The molecule has 1 aromatic rings. The molecule has 1 aliphatic rings. The first kappa shape index (κ1) is 15.5. The zero-order valence-electron chi connectivity index (χ0n) is 13.2. The number of rotatable bonds is 3. The number of nitrogens with zero attached hydrogens (tertiary/aromatic N) is 3. The van der Waals surface area contributed by atoms with Gasteiger partial charge in [-0.3, -0.25) is 4.79 Å². The number of hydrogen-bond donors (Lipinski definition) is 1. The minimum Gasteiger partial charge on any atom is -0.335 e. The molecule has 2 rings (SSSR count). The van der Waals surface area contributed by atoms with E-state index in [0.29, 0.717) is 25.4 Å². The normalized spacial score (nSPS) is 15.8. The monoisotopic (exact) mass is 292 g/mol. The van der Waals surface area contributed by atoms with Gasteiger partial charge in [-0.1, -0.05) is 20.8 Å². The van der Waals surface area contributed by atoms with Gasteiger partial charge in [-0.2, -0.15) is 0 Å². The molecule has 1 unspecified atom stereocenters. The van der Waals surface area contributed by atoms with Crippen molar-refractivity contribution in [3.05, 3.63) is 27.9 Å². The second-order valence-electron chi connectivity index (χ2n) is 5.97.